The Bertz CT molecular complexity index is 792. The van der Waals surface area contributed by atoms with Crippen molar-refractivity contribution in [2.75, 3.05) is 6.61 Å². The van der Waals surface area contributed by atoms with Crippen LogP contribution < -0.4 is 4.74 Å². The minimum absolute atomic E-state index is 0.0454. The Morgan fingerprint density at radius 2 is 1.96 bits per heavy atom. The molecule has 0 saturated carbocycles. The Hall–Kier alpha value is -2.80. The van der Waals surface area contributed by atoms with Gasteiger partial charge in [0.05, 0.1) is 11.5 Å². The van der Waals surface area contributed by atoms with Gasteiger partial charge in [-0.3, -0.25) is 0 Å². The quantitative estimate of drug-likeness (QED) is 0.667. The van der Waals surface area contributed by atoms with Gasteiger partial charge in [-0.15, -0.1) is 21.5 Å². The number of hydrogen-bond donors (Lipinski definition) is 0. The summed E-state index contributed by atoms with van der Waals surface area (Å²) in [5.41, 5.74) is -0.0454. The fraction of sp³-hybridized carbons (Fsp3) is 0.125. The number of esters is 1. The van der Waals surface area contributed by atoms with E-state index in [0.29, 0.717) is 11.6 Å². The fourth-order valence-electron chi connectivity index (χ4n) is 1.82. The van der Waals surface area contributed by atoms with Crippen LogP contribution in [0.4, 0.5) is 0 Å². The van der Waals surface area contributed by atoms with Crippen LogP contribution in [0.1, 0.15) is 17.4 Å². The van der Waals surface area contributed by atoms with Crippen LogP contribution in [-0.4, -0.2) is 27.8 Å². The van der Waals surface area contributed by atoms with E-state index in [9.17, 15) is 4.79 Å². The predicted octanol–water partition coefficient (Wildman–Crippen LogP) is 3.57. The lowest BCUT2D eigenvalue weighted by Crippen LogP contribution is -2.12. The number of hydrogen-bond acceptors (Lipinski definition) is 7. The zero-order chi connectivity index (χ0) is 16.1. The molecule has 0 bridgehead atoms. The largest absolute Gasteiger partial charge is 0.461 e. The summed E-state index contributed by atoms with van der Waals surface area (Å²) in [5.74, 6) is 0.416. The van der Waals surface area contributed by atoms with E-state index < -0.39 is 5.97 Å². The minimum Gasteiger partial charge on any atom is -0.461 e. The summed E-state index contributed by atoms with van der Waals surface area (Å²) in [7, 11) is 0. The van der Waals surface area contributed by atoms with E-state index in [1.807, 2.05) is 35.7 Å². The van der Waals surface area contributed by atoms with E-state index in [1.54, 1.807) is 19.1 Å². The summed E-state index contributed by atoms with van der Waals surface area (Å²) in [6, 6.07) is 12.8. The van der Waals surface area contributed by atoms with Gasteiger partial charge >= 0.3 is 5.97 Å². The molecule has 0 amide bonds. The molecule has 0 aliphatic heterocycles. The number of aromatic nitrogens is 3. The number of para-hydroxylation sites is 1. The van der Waals surface area contributed by atoms with E-state index in [-0.39, 0.29) is 18.2 Å². The molecular weight excluding hydrogens is 314 g/mol. The van der Waals surface area contributed by atoms with Crippen molar-refractivity contribution in [3.05, 3.63) is 53.5 Å². The van der Waals surface area contributed by atoms with Gasteiger partial charge in [0.1, 0.15) is 5.75 Å². The van der Waals surface area contributed by atoms with Crippen molar-refractivity contribution >= 4 is 17.3 Å². The first kappa shape index (κ1) is 15.1. The molecule has 6 nitrogen and oxygen atoms in total. The maximum Gasteiger partial charge on any atom is 0.364 e. The zero-order valence-electron chi connectivity index (χ0n) is 12.3. The van der Waals surface area contributed by atoms with Crippen LogP contribution in [0.3, 0.4) is 0 Å². The summed E-state index contributed by atoms with van der Waals surface area (Å²) < 4.78 is 10.7. The molecule has 2 heterocycles. The fourth-order valence-corrected chi connectivity index (χ4v) is 2.47. The second kappa shape index (κ2) is 6.97. The lowest BCUT2D eigenvalue weighted by Gasteiger charge is -2.09. The average molecular weight is 327 g/mol. The number of thiophene rings is 1. The Balaban J connectivity index is 2.00. The van der Waals surface area contributed by atoms with Crippen molar-refractivity contribution in [2.24, 2.45) is 0 Å². The van der Waals surface area contributed by atoms with Crippen molar-refractivity contribution in [1.82, 2.24) is 15.2 Å². The van der Waals surface area contributed by atoms with Gasteiger partial charge in [0.25, 0.3) is 5.88 Å². The maximum absolute atomic E-state index is 12.0. The summed E-state index contributed by atoms with van der Waals surface area (Å²) in [4.78, 5) is 17.2. The Kier molecular flexibility index (Phi) is 4.58. The van der Waals surface area contributed by atoms with Crippen LogP contribution >= 0.6 is 11.3 Å². The second-order valence-electron chi connectivity index (χ2n) is 4.40. The van der Waals surface area contributed by atoms with Crippen molar-refractivity contribution < 1.29 is 14.3 Å². The molecule has 3 rings (SSSR count). The van der Waals surface area contributed by atoms with Crippen LogP contribution in [0.15, 0.2) is 47.8 Å². The first-order valence-corrected chi connectivity index (χ1v) is 7.84. The third kappa shape index (κ3) is 3.51. The van der Waals surface area contributed by atoms with E-state index in [2.05, 4.69) is 15.2 Å². The average Bonchev–Trinajstić information content (AvgIpc) is 3.10. The molecule has 0 saturated heterocycles. The second-order valence-corrected chi connectivity index (χ2v) is 5.35. The highest BCUT2D eigenvalue weighted by Gasteiger charge is 2.21. The first-order chi connectivity index (χ1) is 11.3. The summed E-state index contributed by atoms with van der Waals surface area (Å²) in [6.45, 7) is 1.95. The molecule has 2 aromatic heterocycles. The summed E-state index contributed by atoms with van der Waals surface area (Å²) >= 11 is 1.48. The van der Waals surface area contributed by atoms with Crippen molar-refractivity contribution in [3.8, 4) is 22.3 Å². The molecule has 0 aliphatic rings. The molecule has 0 atom stereocenters. The molecular formula is C16H13N3O3S. The predicted molar refractivity (Wildman–Crippen MR) is 85.6 cm³/mol. The van der Waals surface area contributed by atoms with Crippen LogP contribution in [-0.2, 0) is 4.74 Å². The van der Waals surface area contributed by atoms with Gasteiger partial charge in [-0.2, -0.15) is 4.98 Å². The highest BCUT2D eigenvalue weighted by molar-refractivity contribution is 7.13. The van der Waals surface area contributed by atoms with Crippen molar-refractivity contribution in [2.45, 2.75) is 6.92 Å². The standard InChI is InChI=1S/C16H13N3O3S/c1-2-21-16(20)13-15(22-11-7-4-3-5-8-11)17-14(19-18-13)12-9-6-10-23-12/h3-10H,2H2,1H3. The maximum atomic E-state index is 12.0. The van der Waals surface area contributed by atoms with Gasteiger partial charge in [0.2, 0.25) is 5.69 Å². The topological polar surface area (TPSA) is 74.2 Å². The van der Waals surface area contributed by atoms with Crippen molar-refractivity contribution in [1.29, 1.82) is 0 Å². The molecule has 0 aliphatic carbocycles. The highest BCUT2D eigenvalue weighted by atomic mass is 32.1. The van der Waals surface area contributed by atoms with Gasteiger partial charge in [-0.05, 0) is 30.5 Å². The van der Waals surface area contributed by atoms with Gasteiger partial charge in [-0.1, -0.05) is 24.3 Å². The molecule has 1 aromatic carbocycles. The van der Waals surface area contributed by atoms with Gasteiger partial charge < -0.3 is 9.47 Å². The van der Waals surface area contributed by atoms with E-state index in [4.69, 9.17) is 9.47 Å². The third-order valence-electron chi connectivity index (χ3n) is 2.82. The van der Waals surface area contributed by atoms with Crippen LogP contribution in [0.25, 0.3) is 10.7 Å². The number of carbonyl (C=O) groups is 1. The minimum atomic E-state index is -0.615. The van der Waals surface area contributed by atoms with Gasteiger partial charge in [0.15, 0.2) is 5.82 Å². The van der Waals surface area contributed by atoms with E-state index in [0.717, 1.165) is 4.88 Å². The number of benzene rings is 1. The number of nitrogens with zero attached hydrogens (tertiary/aromatic N) is 3. The highest BCUT2D eigenvalue weighted by Crippen LogP contribution is 2.26. The number of rotatable bonds is 5. The summed E-state index contributed by atoms with van der Waals surface area (Å²) in [5, 5.41) is 9.85. The lowest BCUT2D eigenvalue weighted by molar-refractivity contribution is 0.0514. The smallest absolute Gasteiger partial charge is 0.364 e. The Morgan fingerprint density at radius 3 is 2.65 bits per heavy atom. The van der Waals surface area contributed by atoms with Crippen molar-refractivity contribution in [3.63, 3.8) is 0 Å². The lowest BCUT2D eigenvalue weighted by atomic mass is 10.3. The molecule has 0 unspecified atom stereocenters. The van der Waals surface area contributed by atoms with E-state index in [1.165, 1.54) is 11.3 Å². The van der Waals surface area contributed by atoms with Gasteiger partial charge in [0, 0.05) is 0 Å². The SMILES string of the molecule is CCOC(=O)c1nnc(-c2cccs2)nc1Oc1ccccc1. The number of ether oxygens (including phenoxy) is 2. The van der Waals surface area contributed by atoms with Gasteiger partial charge in [-0.25, -0.2) is 4.79 Å². The Labute approximate surface area is 136 Å². The molecule has 0 N–H and O–H groups in total. The molecule has 0 spiro atoms. The molecule has 3 aromatic rings. The normalized spacial score (nSPS) is 10.3. The molecule has 23 heavy (non-hydrogen) atoms. The van der Waals surface area contributed by atoms with Crippen LogP contribution in [0, 0.1) is 0 Å². The van der Waals surface area contributed by atoms with Crippen LogP contribution in [0.5, 0.6) is 11.6 Å². The monoisotopic (exact) mass is 327 g/mol. The molecule has 0 fully saturated rings. The summed E-state index contributed by atoms with van der Waals surface area (Å²) in [6.07, 6.45) is 0. The Morgan fingerprint density at radius 1 is 1.13 bits per heavy atom. The third-order valence-corrected chi connectivity index (χ3v) is 3.69. The molecule has 7 heteroatoms. The number of carbonyl (C=O) groups excluding carboxylic acids is 1. The zero-order valence-corrected chi connectivity index (χ0v) is 13.1. The first-order valence-electron chi connectivity index (χ1n) is 6.96. The molecule has 0 radical (unpaired) electrons. The molecule has 116 valence electrons. The van der Waals surface area contributed by atoms with Crippen LogP contribution in [0.2, 0.25) is 0 Å². The van der Waals surface area contributed by atoms with E-state index >= 15 is 0 Å².